The van der Waals surface area contributed by atoms with E-state index < -0.39 is 0 Å². The smallest absolute Gasteiger partial charge is 0.124 e. The largest absolute Gasteiger partial charge is 0.282 e. The Kier molecular flexibility index (Phi) is 4.57. The van der Waals surface area contributed by atoms with E-state index >= 15 is 0 Å². The Morgan fingerprint density at radius 1 is 1.04 bits per heavy atom. The highest BCUT2D eigenvalue weighted by molar-refractivity contribution is 7.18. The lowest BCUT2D eigenvalue weighted by Gasteiger charge is -2.03. The number of nitrogens with one attached hydrogen (secondary N) is 1. The van der Waals surface area contributed by atoms with Gasteiger partial charge in [0.2, 0.25) is 0 Å². The molecule has 0 saturated heterocycles. The van der Waals surface area contributed by atoms with E-state index in [4.69, 9.17) is 16.6 Å². The van der Waals surface area contributed by atoms with Gasteiger partial charge in [-0.2, -0.15) is 5.10 Å². The zero-order chi connectivity index (χ0) is 18.1. The molecule has 0 amide bonds. The van der Waals surface area contributed by atoms with Crippen molar-refractivity contribution in [1.82, 2.24) is 20.2 Å². The minimum absolute atomic E-state index is 0.742. The monoisotopic (exact) mass is 380 g/mol. The molecule has 3 heterocycles. The van der Waals surface area contributed by atoms with Gasteiger partial charge in [0, 0.05) is 40.7 Å². The lowest BCUT2D eigenvalue weighted by atomic mass is 10.1. The molecule has 4 rings (SSSR count). The Balaban J connectivity index is 1.83. The number of hydrogen-bond acceptors (Lipinski definition) is 4. The molecule has 0 saturated carbocycles. The Labute approximate surface area is 160 Å². The van der Waals surface area contributed by atoms with E-state index in [1.54, 1.807) is 23.7 Å². The van der Waals surface area contributed by atoms with Crippen LogP contribution >= 0.6 is 22.9 Å². The van der Waals surface area contributed by atoms with E-state index in [0.717, 1.165) is 49.5 Å². The fourth-order valence-corrected chi connectivity index (χ4v) is 4.33. The number of thiazole rings is 1. The van der Waals surface area contributed by atoms with Crippen LogP contribution in [0.1, 0.15) is 22.6 Å². The van der Waals surface area contributed by atoms with Gasteiger partial charge in [-0.05, 0) is 43.7 Å². The third-order valence-corrected chi connectivity index (χ3v) is 5.68. The second-order valence-electron chi connectivity index (χ2n) is 6.14. The standard InChI is InChI=1S/C20H17ClN4S/c1-12-18(13(2)25-24-12)19-17(11-14-3-5-16(21)6-4-14)23-20(26-19)15-7-9-22-10-8-15/h3-10H,11H2,1-2H3,(H,24,25). The molecule has 0 aliphatic heterocycles. The molecule has 0 spiro atoms. The average Bonchev–Trinajstić information content (AvgIpc) is 3.20. The third-order valence-electron chi connectivity index (χ3n) is 4.26. The number of H-pyrrole nitrogens is 1. The van der Waals surface area contributed by atoms with E-state index in [1.807, 2.05) is 50.2 Å². The van der Waals surface area contributed by atoms with Crippen LogP contribution in [0, 0.1) is 13.8 Å². The molecule has 4 aromatic rings. The fraction of sp³-hybridized carbons (Fsp3) is 0.150. The highest BCUT2D eigenvalue weighted by Gasteiger charge is 2.19. The lowest BCUT2D eigenvalue weighted by molar-refractivity contribution is 1.02. The van der Waals surface area contributed by atoms with Gasteiger partial charge in [-0.15, -0.1) is 11.3 Å². The molecule has 4 nitrogen and oxygen atoms in total. The van der Waals surface area contributed by atoms with Crippen LogP contribution in [0.4, 0.5) is 0 Å². The number of aromatic amines is 1. The van der Waals surface area contributed by atoms with Gasteiger partial charge in [0.1, 0.15) is 5.01 Å². The number of halogens is 1. The van der Waals surface area contributed by atoms with E-state index in [-0.39, 0.29) is 0 Å². The molecular weight excluding hydrogens is 364 g/mol. The normalized spacial score (nSPS) is 11.0. The van der Waals surface area contributed by atoms with Gasteiger partial charge in [0.15, 0.2) is 0 Å². The first-order valence-corrected chi connectivity index (χ1v) is 9.48. The summed E-state index contributed by atoms with van der Waals surface area (Å²) in [5.41, 5.74) is 6.51. The highest BCUT2D eigenvalue weighted by atomic mass is 35.5. The molecule has 130 valence electrons. The molecule has 0 aliphatic rings. The number of nitrogens with zero attached hydrogens (tertiary/aromatic N) is 3. The van der Waals surface area contributed by atoms with Crippen LogP contribution in [0.2, 0.25) is 5.02 Å². The number of benzene rings is 1. The van der Waals surface area contributed by atoms with E-state index in [1.165, 1.54) is 5.56 Å². The Hall–Kier alpha value is -2.50. The minimum Gasteiger partial charge on any atom is -0.282 e. The SMILES string of the molecule is Cc1n[nH]c(C)c1-c1sc(-c2ccncc2)nc1Cc1ccc(Cl)cc1. The summed E-state index contributed by atoms with van der Waals surface area (Å²) < 4.78 is 0. The van der Waals surface area contributed by atoms with E-state index in [9.17, 15) is 0 Å². The lowest BCUT2D eigenvalue weighted by Crippen LogP contribution is -1.92. The fourth-order valence-electron chi connectivity index (χ4n) is 2.97. The molecule has 0 fully saturated rings. The number of aromatic nitrogens is 4. The second-order valence-corrected chi connectivity index (χ2v) is 7.58. The van der Waals surface area contributed by atoms with Gasteiger partial charge in [-0.25, -0.2) is 4.98 Å². The van der Waals surface area contributed by atoms with Gasteiger partial charge < -0.3 is 0 Å². The summed E-state index contributed by atoms with van der Waals surface area (Å²) in [6.45, 7) is 4.07. The van der Waals surface area contributed by atoms with Crippen molar-refractivity contribution < 1.29 is 0 Å². The molecule has 26 heavy (non-hydrogen) atoms. The van der Waals surface area contributed by atoms with Crippen molar-refractivity contribution in [3.05, 3.63) is 76.5 Å². The zero-order valence-corrected chi connectivity index (χ0v) is 16.0. The van der Waals surface area contributed by atoms with Crippen molar-refractivity contribution >= 4 is 22.9 Å². The number of hydrogen-bond donors (Lipinski definition) is 1. The Bertz CT molecular complexity index is 1020. The summed E-state index contributed by atoms with van der Waals surface area (Å²) in [4.78, 5) is 10.2. The molecule has 1 aromatic carbocycles. The van der Waals surface area contributed by atoms with Gasteiger partial charge >= 0.3 is 0 Å². The van der Waals surface area contributed by atoms with E-state index in [2.05, 4.69) is 15.2 Å². The summed E-state index contributed by atoms with van der Waals surface area (Å²) in [6.07, 6.45) is 4.34. The van der Waals surface area contributed by atoms with Gasteiger partial charge in [0.05, 0.1) is 16.3 Å². The molecule has 0 aliphatic carbocycles. The Morgan fingerprint density at radius 2 is 1.77 bits per heavy atom. The molecule has 1 N–H and O–H groups in total. The maximum atomic E-state index is 6.02. The van der Waals surface area contributed by atoms with Crippen LogP contribution in [0.25, 0.3) is 21.0 Å². The summed E-state index contributed by atoms with van der Waals surface area (Å²) in [7, 11) is 0. The third kappa shape index (κ3) is 3.28. The molecule has 6 heteroatoms. The highest BCUT2D eigenvalue weighted by Crippen LogP contribution is 2.38. The van der Waals surface area contributed by atoms with Gasteiger partial charge in [-0.1, -0.05) is 23.7 Å². The summed E-state index contributed by atoms with van der Waals surface area (Å²) in [5.74, 6) is 0. The molecule has 0 unspecified atom stereocenters. The van der Waals surface area contributed by atoms with Crippen molar-refractivity contribution in [3.8, 4) is 21.0 Å². The zero-order valence-electron chi connectivity index (χ0n) is 14.5. The topological polar surface area (TPSA) is 54.5 Å². The van der Waals surface area contributed by atoms with Crippen LogP contribution in [0.5, 0.6) is 0 Å². The second kappa shape index (κ2) is 7.02. The van der Waals surface area contributed by atoms with Gasteiger partial charge in [0.25, 0.3) is 0 Å². The van der Waals surface area contributed by atoms with Crippen molar-refractivity contribution in [1.29, 1.82) is 0 Å². The predicted octanol–water partition coefficient (Wildman–Crippen LogP) is 5.46. The predicted molar refractivity (Wildman–Crippen MR) is 107 cm³/mol. The Morgan fingerprint density at radius 3 is 2.42 bits per heavy atom. The maximum absolute atomic E-state index is 6.02. The molecule has 0 atom stereocenters. The van der Waals surface area contributed by atoms with Crippen LogP contribution in [-0.4, -0.2) is 20.2 Å². The summed E-state index contributed by atoms with van der Waals surface area (Å²) in [5, 5.41) is 9.18. The molecular formula is C20H17ClN4S. The summed E-state index contributed by atoms with van der Waals surface area (Å²) >= 11 is 7.72. The van der Waals surface area contributed by atoms with Crippen molar-refractivity contribution in [2.75, 3.05) is 0 Å². The first-order chi connectivity index (χ1) is 12.6. The quantitative estimate of drug-likeness (QED) is 0.511. The van der Waals surface area contributed by atoms with Crippen LogP contribution in [-0.2, 0) is 6.42 Å². The first kappa shape index (κ1) is 16.9. The van der Waals surface area contributed by atoms with Crippen molar-refractivity contribution in [2.24, 2.45) is 0 Å². The average molecular weight is 381 g/mol. The summed E-state index contributed by atoms with van der Waals surface area (Å²) in [6, 6.07) is 11.9. The molecule has 3 aromatic heterocycles. The number of aryl methyl sites for hydroxylation is 2. The number of rotatable bonds is 4. The maximum Gasteiger partial charge on any atom is 0.124 e. The van der Waals surface area contributed by atoms with E-state index in [0.29, 0.717) is 0 Å². The minimum atomic E-state index is 0.742. The number of pyridine rings is 1. The van der Waals surface area contributed by atoms with Crippen molar-refractivity contribution in [3.63, 3.8) is 0 Å². The van der Waals surface area contributed by atoms with Crippen LogP contribution in [0.15, 0.2) is 48.8 Å². The molecule has 0 radical (unpaired) electrons. The molecule has 0 bridgehead atoms. The first-order valence-electron chi connectivity index (χ1n) is 8.28. The van der Waals surface area contributed by atoms with Crippen LogP contribution in [0.3, 0.4) is 0 Å². The van der Waals surface area contributed by atoms with Crippen molar-refractivity contribution in [2.45, 2.75) is 20.3 Å². The van der Waals surface area contributed by atoms with Crippen LogP contribution < -0.4 is 0 Å². The van der Waals surface area contributed by atoms with Gasteiger partial charge in [-0.3, -0.25) is 10.1 Å².